The molecule has 12 nitrogen and oxygen atoms in total. The molecule has 0 amide bonds. The van der Waals surface area contributed by atoms with Crippen LogP contribution in [0.4, 0.5) is 20.3 Å². The smallest absolute Gasteiger partial charge is 0.326 e. The topological polar surface area (TPSA) is 133 Å². The van der Waals surface area contributed by atoms with Gasteiger partial charge in [-0.1, -0.05) is 24.0 Å². The number of aromatic nitrogens is 3. The van der Waals surface area contributed by atoms with E-state index in [4.69, 9.17) is 28.3 Å². The highest BCUT2D eigenvalue weighted by molar-refractivity contribution is 6.06. The molecule has 4 saturated heterocycles. The molecule has 0 radical (unpaired) electrons. The van der Waals surface area contributed by atoms with Crippen LogP contribution in [0.2, 0.25) is 0 Å². The van der Waals surface area contributed by atoms with E-state index >= 15 is 0 Å². The number of carbonyl (C=O) groups is 1. The van der Waals surface area contributed by atoms with Gasteiger partial charge in [-0.2, -0.15) is 0 Å². The van der Waals surface area contributed by atoms with Crippen molar-refractivity contribution in [2.45, 2.75) is 50.5 Å². The zero-order valence-corrected chi connectivity index (χ0v) is 26.3. The molecule has 1 aromatic carbocycles. The number of carboxylic acid groups (broad SMARTS) is 1. The van der Waals surface area contributed by atoms with Crippen molar-refractivity contribution >= 4 is 39.5 Å². The van der Waals surface area contributed by atoms with Crippen molar-refractivity contribution in [1.29, 1.82) is 0 Å². The first kappa shape index (κ1) is 30.7. The number of hydrogen-bond donors (Lipinski definition) is 1. The Hall–Kier alpha value is -4.58. The number of pyridine rings is 1. The van der Waals surface area contributed by atoms with Gasteiger partial charge in [0.15, 0.2) is 17.2 Å². The minimum Gasteiger partial charge on any atom is -0.480 e. The molecule has 4 fully saturated rings. The van der Waals surface area contributed by atoms with E-state index in [9.17, 15) is 18.7 Å². The summed E-state index contributed by atoms with van der Waals surface area (Å²) >= 11 is 0. The molecular formula is C34H33F2N5O7. The van der Waals surface area contributed by atoms with Crippen LogP contribution >= 0.6 is 0 Å². The lowest BCUT2D eigenvalue weighted by molar-refractivity contribution is -0.228. The average Bonchev–Trinajstić information content (AvgIpc) is 3.64. The van der Waals surface area contributed by atoms with E-state index in [0.29, 0.717) is 67.7 Å². The summed E-state index contributed by atoms with van der Waals surface area (Å²) in [5.41, 5.74) is 1.48. The van der Waals surface area contributed by atoms with Gasteiger partial charge in [-0.3, -0.25) is 0 Å². The number of aliphatic carboxylic acids is 1. The third-order valence-electron chi connectivity index (χ3n) is 9.65. The minimum absolute atomic E-state index is 0.0222. The van der Waals surface area contributed by atoms with Crippen LogP contribution in [0.1, 0.15) is 38.1 Å². The summed E-state index contributed by atoms with van der Waals surface area (Å²) in [6.45, 7) is 7.27. The highest BCUT2D eigenvalue weighted by Crippen LogP contribution is 2.41. The Bertz CT molecular complexity index is 1970. The number of para-hydroxylation sites is 1. The third kappa shape index (κ3) is 5.17. The minimum atomic E-state index is -2.98. The fourth-order valence-corrected chi connectivity index (χ4v) is 6.81. The van der Waals surface area contributed by atoms with E-state index < -0.39 is 36.0 Å². The molecule has 1 N–H and O–H groups in total. The monoisotopic (exact) mass is 661 g/mol. The number of morpholine rings is 1. The second-order valence-electron chi connectivity index (χ2n) is 13.1. The number of fused-ring (bicyclic) bond motifs is 3. The number of nitrogens with zero attached hydrogens (tertiary/aromatic N) is 5. The van der Waals surface area contributed by atoms with E-state index in [0.717, 1.165) is 0 Å². The zero-order chi connectivity index (χ0) is 33.2. The number of rotatable bonds is 6. The summed E-state index contributed by atoms with van der Waals surface area (Å²) < 4.78 is 57.7. The molecule has 0 bridgehead atoms. The molecule has 3 aromatic heterocycles. The number of carboxylic acids is 1. The van der Waals surface area contributed by atoms with Crippen molar-refractivity contribution in [2.75, 3.05) is 55.9 Å². The number of ether oxygens (including phenoxy) is 4. The second kappa shape index (κ2) is 11.5. The Morgan fingerprint density at radius 1 is 1.15 bits per heavy atom. The van der Waals surface area contributed by atoms with Crippen molar-refractivity contribution in [3.05, 3.63) is 47.9 Å². The highest BCUT2D eigenvalue weighted by Gasteiger charge is 2.50. The van der Waals surface area contributed by atoms with E-state index in [-0.39, 0.29) is 41.3 Å². The summed E-state index contributed by atoms with van der Waals surface area (Å²) in [4.78, 5) is 29.1. The number of furan rings is 1. The van der Waals surface area contributed by atoms with Gasteiger partial charge in [0.25, 0.3) is 6.43 Å². The van der Waals surface area contributed by atoms with Crippen LogP contribution in [0, 0.1) is 17.3 Å². The predicted molar refractivity (Wildman–Crippen MR) is 168 cm³/mol. The van der Waals surface area contributed by atoms with E-state index in [1.54, 1.807) is 30.5 Å². The Morgan fingerprint density at radius 2 is 1.94 bits per heavy atom. The van der Waals surface area contributed by atoms with Gasteiger partial charge in [-0.25, -0.2) is 28.5 Å². The van der Waals surface area contributed by atoms with Gasteiger partial charge in [0.2, 0.25) is 5.88 Å². The molecule has 250 valence electrons. The molecule has 0 unspecified atom stereocenters. The summed E-state index contributed by atoms with van der Waals surface area (Å²) in [7, 11) is 0. The standard InChI is InChI=1S/C34H33F2N5O7/c1-19-34(17-45-18-34)46-10-9-40(19)23-11-20(7-8-33(2)15-44-16-33)13-37-31(23)47-21-12-24(32(42)43)41(14-21)30-27-26(38-29(39-30)28(35)36)22-5-3-4-6-25(22)48-27/h3-6,11,13,19,21,24,28H,9-10,12,14-18H2,1-2H3,(H,42,43)/t19-,21-,24-/m0/s1. The molecule has 48 heavy (non-hydrogen) atoms. The second-order valence-corrected chi connectivity index (χ2v) is 13.1. The molecule has 1 spiro atoms. The number of anilines is 2. The molecule has 8 rings (SSSR count). The van der Waals surface area contributed by atoms with Crippen LogP contribution in [0.15, 0.2) is 40.9 Å². The maximum Gasteiger partial charge on any atom is 0.326 e. The van der Waals surface area contributed by atoms with Crippen LogP contribution in [0.5, 0.6) is 5.88 Å². The summed E-state index contributed by atoms with van der Waals surface area (Å²) in [5.74, 6) is 4.96. The number of halogens is 2. The molecule has 4 aliphatic heterocycles. The summed E-state index contributed by atoms with van der Waals surface area (Å²) in [6.07, 6.45) is -1.97. The van der Waals surface area contributed by atoms with Crippen molar-refractivity contribution < 1.29 is 42.0 Å². The van der Waals surface area contributed by atoms with Crippen molar-refractivity contribution in [2.24, 2.45) is 5.41 Å². The van der Waals surface area contributed by atoms with Gasteiger partial charge in [-0.05, 0) is 32.0 Å². The Kier molecular flexibility index (Phi) is 7.39. The molecule has 3 atom stereocenters. The van der Waals surface area contributed by atoms with Gasteiger partial charge in [0.05, 0.1) is 51.0 Å². The van der Waals surface area contributed by atoms with Crippen molar-refractivity contribution in [3.63, 3.8) is 0 Å². The first-order valence-corrected chi connectivity index (χ1v) is 15.9. The van der Waals surface area contributed by atoms with Gasteiger partial charge in [0, 0.05) is 30.1 Å². The zero-order valence-electron chi connectivity index (χ0n) is 26.3. The van der Waals surface area contributed by atoms with Crippen molar-refractivity contribution in [1.82, 2.24) is 15.0 Å². The molecule has 0 saturated carbocycles. The predicted octanol–water partition coefficient (Wildman–Crippen LogP) is 4.20. The number of benzene rings is 1. The normalized spacial score (nSPS) is 24.4. The molecule has 4 aliphatic rings. The van der Waals surface area contributed by atoms with Gasteiger partial charge >= 0.3 is 5.97 Å². The molecule has 7 heterocycles. The Balaban J connectivity index is 1.15. The maximum absolute atomic E-state index is 14.0. The van der Waals surface area contributed by atoms with E-state index in [1.165, 1.54) is 4.90 Å². The molecular weight excluding hydrogens is 628 g/mol. The Morgan fingerprint density at radius 3 is 2.65 bits per heavy atom. The highest BCUT2D eigenvalue weighted by atomic mass is 19.3. The SMILES string of the molecule is C[C@@H]1N(c2cc(C#CC3(C)COC3)cnc2O[C@H]2C[C@@H](C(=O)O)N(c3nc(C(F)F)nc4c3oc3ccccc34)C2)CCOC12COC2. The van der Waals surface area contributed by atoms with Crippen LogP contribution in [0.3, 0.4) is 0 Å². The van der Waals surface area contributed by atoms with Gasteiger partial charge < -0.3 is 38.3 Å². The van der Waals surface area contributed by atoms with Crippen LogP contribution < -0.4 is 14.5 Å². The van der Waals surface area contributed by atoms with Crippen LogP contribution in [-0.2, 0) is 19.0 Å². The molecule has 0 aliphatic carbocycles. The van der Waals surface area contributed by atoms with E-state index in [2.05, 4.69) is 33.6 Å². The lowest BCUT2D eigenvalue weighted by atomic mass is 9.89. The van der Waals surface area contributed by atoms with Gasteiger partial charge in [0.1, 0.15) is 34.5 Å². The quantitative estimate of drug-likeness (QED) is 0.297. The molecule has 4 aromatic rings. The largest absolute Gasteiger partial charge is 0.480 e. The van der Waals surface area contributed by atoms with E-state index in [1.807, 2.05) is 13.0 Å². The fraction of sp³-hybridized carbons (Fsp3) is 0.471. The number of hydrogen-bond acceptors (Lipinski definition) is 11. The van der Waals surface area contributed by atoms with Gasteiger partial charge in [-0.15, -0.1) is 0 Å². The molecule has 14 heteroatoms. The Labute approximate surface area is 273 Å². The summed E-state index contributed by atoms with van der Waals surface area (Å²) in [6, 6.07) is 7.64. The fourth-order valence-electron chi connectivity index (χ4n) is 6.81. The van der Waals surface area contributed by atoms with Crippen LogP contribution in [-0.4, -0.2) is 95.9 Å². The number of alkyl halides is 2. The first-order chi connectivity index (χ1) is 23.1. The first-order valence-electron chi connectivity index (χ1n) is 15.9. The maximum atomic E-state index is 14.0. The van der Waals surface area contributed by atoms with Crippen molar-refractivity contribution in [3.8, 4) is 17.7 Å². The summed E-state index contributed by atoms with van der Waals surface area (Å²) in [5, 5.41) is 10.8. The third-order valence-corrected chi connectivity index (χ3v) is 9.65. The average molecular weight is 662 g/mol. The van der Waals surface area contributed by atoms with Crippen LogP contribution in [0.25, 0.3) is 22.1 Å². The lowest BCUT2D eigenvalue weighted by Crippen LogP contribution is -2.68. The lowest BCUT2D eigenvalue weighted by Gasteiger charge is -2.53.